The van der Waals surface area contributed by atoms with Gasteiger partial charge in [0.1, 0.15) is 42.0 Å². The number of carbonyl (C=O) groups excluding carboxylic acids is 10. The number of allylic oxidation sites excluding steroid dienone is 2. The summed E-state index contributed by atoms with van der Waals surface area (Å²) in [4.78, 5) is 157. The van der Waals surface area contributed by atoms with Crippen molar-refractivity contribution in [2.45, 2.75) is 176 Å². The summed E-state index contributed by atoms with van der Waals surface area (Å²) in [6, 6.07) is 9.13. The van der Waals surface area contributed by atoms with E-state index in [9.17, 15) is 58.5 Å². The highest BCUT2D eigenvalue weighted by molar-refractivity contribution is 7.22. The minimum absolute atomic E-state index is 0.0254. The first-order valence-corrected chi connectivity index (χ1v) is 37.2. The molecule has 108 heavy (non-hydrogen) atoms. The number of aromatic hydroxyl groups is 1. The lowest BCUT2D eigenvalue weighted by Gasteiger charge is -2.38. The zero-order valence-electron chi connectivity index (χ0n) is 62.9. The normalized spacial score (nSPS) is 23.8. The van der Waals surface area contributed by atoms with Crippen LogP contribution in [0.25, 0.3) is 31.6 Å². The van der Waals surface area contributed by atoms with Gasteiger partial charge in [-0.1, -0.05) is 78.3 Å². The Morgan fingerprint density at radius 2 is 1.56 bits per heavy atom. The molecule has 6 aliphatic rings. The van der Waals surface area contributed by atoms with E-state index in [-0.39, 0.29) is 118 Å². The van der Waals surface area contributed by atoms with Crippen molar-refractivity contribution in [3.05, 3.63) is 118 Å². The number of Topliss-reactive ketones (excluding diaryl/α,β-unsaturated/α-hetero) is 1. The number of urea groups is 1. The number of ether oxygens (including phenoxy) is 5. The van der Waals surface area contributed by atoms with Gasteiger partial charge in [-0.2, -0.15) is 0 Å². The number of methoxy groups -OCH3 is 1. The van der Waals surface area contributed by atoms with Gasteiger partial charge in [0.2, 0.25) is 23.2 Å². The second-order valence-electron chi connectivity index (χ2n) is 28.7. The number of carbonyl (C=O) groups is 10. The monoisotopic (exact) mass is 1510 g/mol. The van der Waals surface area contributed by atoms with E-state index in [1.54, 1.807) is 96.0 Å². The topological polar surface area (TPSA) is 403 Å². The van der Waals surface area contributed by atoms with Gasteiger partial charge in [-0.15, -0.1) is 11.3 Å². The number of nitrogens with zero attached hydrogens (tertiary/aromatic N) is 4. The third-order valence-corrected chi connectivity index (χ3v) is 21.8. The smallest absolute Gasteiger partial charge is 0.410 e. The summed E-state index contributed by atoms with van der Waals surface area (Å²) >= 11 is 1.14. The van der Waals surface area contributed by atoms with Crippen LogP contribution in [0.4, 0.5) is 26.7 Å². The molecule has 5 aliphatic heterocycles. The second kappa shape index (κ2) is 35.6. The molecule has 3 aromatic carbocycles. The van der Waals surface area contributed by atoms with Crippen LogP contribution in [-0.2, 0) is 59.1 Å². The van der Waals surface area contributed by atoms with E-state index in [4.69, 9.17) is 34.4 Å². The number of hydrogen-bond acceptors (Lipinski definition) is 22. The Morgan fingerprint density at radius 1 is 0.870 bits per heavy atom. The lowest BCUT2D eigenvalue weighted by atomic mass is 9.78. The van der Waals surface area contributed by atoms with E-state index >= 15 is 9.59 Å². The van der Waals surface area contributed by atoms with Gasteiger partial charge in [0, 0.05) is 130 Å². The quantitative estimate of drug-likeness (QED) is 0.0104. The third kappa shape index (κ3) is 18.8. The fourth-order valence-corrected chi connectivity index (χ4v) is 15.1. The van der Waals surface area contributed by atoms with Gasteiger partial charge in [-0.05, 0) is 100 Å². The first kappa shape index (κ1) is 81.8. The van der Waals surface area contributed by atoms with Crippen LogP contribution in [0, 0.1) is 36.5 Å². The molecule has 0 spiro atoms. The molecule has 9 amide bonds. The Balaban J connectivity index is 0.882. The summed E-state index contributed by atoms with van der Waals surface area (Å²) < 4.78 is 30.6. The number of phenolic OH excluding ortho intramolecular Hbond substituents is 1. The number of anilines is 3. The second-order valence-corrected chi connectivity index (χ2v) is 29.8. The van der Waals surface area contributed by atoms with Crippen molar-refractivity contribution < 1.29 is 86.9 Å². The molecule has 1 aliphatic carbocycles. The Hall–Kier alpha value is -10.3. The zero-order valence-corrected chi connectivity index (χ0v) is 63.7. The number of piperidine rings is 1. The molecule has 3 aromatic rings. The van der Waals surface area contributed by atoms with Gasteiger partial charge < -0.3 is 81.1 Å². The molecule has 4 bridgehead atoms. The molecule has 10 N–H and O–H groups in total. The molecular formula is C78H98N10O19S. The largest absolute Gasteiger partial charge is 0.507 e. The van der Waals surface area contributed by atoms with Crippen LogP contribution >= 0.6 is 11.3 Å². The maximum Gasteiger partial charge on any atom is 0.410 e. The minimum Gasteiger partial charge on any atom is -0.507 e. The Labute approximate surface area is 630 Å². The SMILES string of the molecule is CO[C@H]1/C=C/O[C@@]2(C)Oc3c(C)c(O)c4c(=O)c(c5sc6cc(N7CCC(N(C)C(=O)OCc8ccc(NC(=O)[C@H](CCCNC(N)=O)NC(=O)[C@@H](NC(=O)CCCCCN9C(=O)C=CC9=O)C(C)C)cc8)CC7)ccc6nc-5c4c3C2=O)NC(=O)/C(C)=C\C=C\[C@H](C)[C@H](O)[C@@H](C)[C@@H](O)[C@@H](C)[C@H](OC(C)=O)[C@@H]1C. The van der Waals surface area contributed by atoms with E-state index in [1.807, 2.05) is 12.1 Å². The molecule has 29 nitrogen and oxygen atoms in total. The summed E-state index contributed by atoms with van der Waals surface area (Å²) in [5.74, 6) is -10.00. The van der Waals surface area contributed by atoms with E-state index in [2.05, 4.69) is 31.5 Å². The number of imide groups is 1. The van der Waals surface area contributed by atoms with Crippen LogP contribution in [0.1, 0.15) is 135 Å². The van der Waals surface area contributed by atoms with Gasteiger partial charge in [-0.3, -0.25) is 48.1 Å². The van der Waals surface area contributed by atoms with Gasteiger partial charge >= 0.3 is 23.9 Å². The zero-order chi connectivity index (χ0) is 78.7. The van der Waals surface area contributed by atoms with Crippen molar-refractivity contribution in [1.82, 2.24) is 30.7 Å². The first-order chi connectivity index (χ1) is 51.2. The van der Waals surface area contributed by atoms with E-state index < -0.39 is 119 Å². The van der Waals surface area contributed by atoms with Crippen LogP contribution in [-0.4, -0.2) is 178 Å². The van der Waals surface area contributed by atoms with Gasteiger partial charge in [0.25, 0.3) is 23.5 Å². The summed E-state index contributed by atoms with van der Waals surface area (Å²) in [6.07, 6.45) is 8.35. The molecule has 580 valence electrons. The highest BCUT2D eigenvalue weighted by Gasteiger charge is 2.50. The lowest BCUT2D eigenvalue weighted by molar-refractivity contribution is -0.160. The molecule has 1 saturated heterocycles. The lowest BCUT2D eigenvalue weighted by Crippen LogP contribution is -2.54. The van der Waals surface area contributed by atoms with Gasteiger partial charge in [-0.25, -0.2) is 14.6 Å². The average Bonchev–Trinajstić information content (AvgIpc) is 1.42. The number of ketones is 1. The average molecular weight is 1510 g/mol. The number of benzene rings is 4. The first-order valence-electron chi connectivity index (χ1n) is 36.3. The van der Waals surface area contributed by atoms with Crippen LogP contribution in [0.5, 0.6) is 11.5 Å². The van der Waals surface area contributed by atoms with Gasteiger partial charge in [0.05, 0.1) is 56.3 Å². The molecule has 30 heteroatoms. The number of rotatable bonds is 22. The number of esters is 1. The number of aliphatic hydroxyl groups is 2. The molecule has 9 rings (SSSR count). The number of hydrogen-bond donors (Lipinski definition) is 9. The summed E-state index contributed by atoms with van der Waals surface area (Å²) in [5, 5.41) is 48.7. The predicted octanol–water partition coefficient (Wildman–Crippen LogP) is 8.15. The maximum atomic E-state index is 15.2. The van der Waals surface area contributed by atoms with Crippen molar-refractivity contribution in [3.8, 4) is 22.1 Å². The van der Waals surface area contributed by atoms with Gasteiger partial charge in [0.15, 0.2) is 0 Å². The highest BCUT2D eigenvalue weighted by Crippen LogP contribution is 2.52. The number of fused-ring (bicyclic) bond motifs is 2. The highest BCUT2D eigenvalue weighted by atomic mass is 32.1. The molecule has 1 fully saturated rings. The molecule has 5 heterocycles. The van der Waals surface area contributed by atoms with Crippen molar-refractivity contribution >= 4 is 109 Å². The van der Waals surface area contributed by atoms with E-state index in [0.29, 0.717) is 66.7 Å². The molecule has 0 aromatic heterocycles. The molecule has 11 atom stereocenters. The fraction of sp³-hybridized carbons (Fsp3) is 0.487. The number of amides is 9. The number of primary amides is 1. The van der Waals surface area contributed by atoms with Crippen molar-refractivity contribution in [3.63, 3.8) is 0 Å². The van der Waals surface area contributed by atoms with Crippen LogP contribution < -0.4 is 47.4 Å². The molecular weight excluding hydrogens is 1410 g/mol. The minimum atomic E-state index is -2.08. The number of nitrogens with two attached hydrogens (primary N) is 1. The Morgan fingerprint density at radius 3 is 2.22 bits per heavy atom. The molecule has 0 radical (unpaired) electrons. The summed E-state index contributed by atoms with van der Waals surface area (Å²) in [7, 11) is 3.10. The number of phenols is 1. The fourth-order valence-electron chi connectivity index (χ4n) is 14.0. The summed E-state index contributed by atoms with van der Waals surface area (Å²) in [5.41, 5.74) is 6.70. The number of aromatic nitrogens is 1. The molecule has 0 saturated carbocycles. The van der Waals surface area contributed by atoms with E-state index in [1.165, 1.54) is 65.4 Å². The van der Waals surface area contributed by atoms with Crippen molar-refractivity contribution in [1.29, 1.82) is 0 Å². The number of nitrogens with one attached hydrogen (secondary N) is 5. The van der Waals surface area contributed by atoms with Crippen LogP contribution in [0.3, 0.4) is 0 Å². The Kier molecular flexibility index (Phi) is 27.0. The number of aliphatic hydroxyl groups excluding tert-OH is 2. The molecule has 0 unspecified atom stereocenters. The van der Waals surface area contributed by atoms with Crippen LogP contribution in [0.2, 0.25) is 0 Å². The maximum absolute atomic E-state index is 15.2. The van der Waals surface area contributed by atoms with E-state index in [0.717, 1.165) is 21.9 Å². The predicted molar refractivity (Wildman–Crippen MR) is 405 cm³/mol. The number of unbranched alkanes of at least 4 members (excludes halogenated alkanes) is 2. The standard InChI is InChI=1S/C78H98N10O19S/c1-40(2)62(84-56(90)21-14-13-15-34-88-57(91)28-29-58(88)92)75(100)83-53(20-17-33-80-76(79)101)74(99)81-49-24-22-48(23-25-49)39-104-77(102)86(11)50-30-35-87(36-31-50)51-26-27-52-55(38-51)108-71-63(82-52)59-60-67(95)46(8)70-61(59)72(97)78(10,107-70)105-37-32-54(103-12)43(5)69(106-47(9)89)45(7)66(94)44(6)65(93)41(3)18-16-19-42(4)73(98)85-64(71)68(60)96/h16,18-19,22-29,32,37-38,40-41,43-45,50,53-54,62,65-66,69,93-95H,13-15,17,20-21,30-31,33-36,39H2,1-12H3,(H,81,99)(H,83,100)(H,84,90)(H,85,98)(H3,79,80,101)/b18-16+,37-32+,42-19-/t41-,43+,44+,45+,53-,54-,62-,65-,66+,69+,78-/m0/s1. The van der Waals surface area contributed by atoms with Crippen molar-refractivity contribution in [2.24, 2.45) is 35.3 Å². The Bertz CT molecular complexity index is 4400. The van der Waals surface area contributed by atoms with Crippen LogP contribution in [0.15, 0.2) is 95.6 Å². The third-order valence-electron chi connectivity index (χ3n) is 20.6. The van der Waals surface area contributed by atoms with Crippen molar-refractivity contribution in [2.75, 3.05) is 55.9 Å². The summed E-state index contributed by atoms with van der Waals surface area (Å²) in [6.45, 7) is 17.4.